The normalized spacial score (nSPS) is 13.8. The largest absolute Gasteiger partial charge is 0.461 e. The lowest BCUT2D eigenvalue weighted by Crippen LogP contribution is -2.32. The van der Waals surface area contributed by atoms with Crippen molar-refractivity contribution in [2.45, 2.75) is 25.3 Å². The summed E-state index contributed by atoms with van der Waals surface area (Å²) in [6.45, 7) is 0.566. The molecule has 0 saturated heterocycles. The molecule has 3 heterocycles. The lowest BCUT2D eigenvalue weighted by Gasteiger charge is -2.07. The second-order valence-electron chi connectivity index (χ2n) is 5.90. The summed E-state index contributed by atoms with van der Waals surface area (Å²) in [5.74, 6) is 0.967. The Bertz CT molecular complexity index is 938. The number of carbonyl (C=O) groups excluding carboxylic acids is 1. The predicted molar refractivity (Wildman–Crippen MR) is 87.0 cm³/mol. The van der Waals surface area contributed by atoms with Gasteiger partial charge in [0, 0.05) is 24.6 Å². The lowest BCUT2D eigenvalue weighted by atomic mass is 10.3. The second-order valence-corrected chi connectivity index (χ2v) is 5.90. The van der Waals surface area contributed by atoms with Gasteiger partial charge in [-0.3, -0.25) is 9.59 Å². The summed E-state index contributed by atoms with van der Waals surface area (Å²) in [4.78, 5) is 24.0. The molecule has 4 rings (SSSR count). The number of hydrogen-bond acceptors (Lipinski definition) is 6. The maximum atomic E-state index is 12.1. The second kappa shape index (κ2) is 6.39. The smallest absolute Gasteiger partial charge is 0.273 e. The van der Waals surface area contributed by atoms with Crippen LogP contribution in [-0.4, -0.2) is 27.4 Å². The first-order valence-corrected chi connectivity index (χ1v) is 8.07. The van der Waals surface area contributed by atoms with Crippen LogP contribution in [0, 0.1) is 0 Å². The molecule has 0 aromatic carbocycles. The summed E-state index contributed by atoms with van der Waals surface area (Å²) >= 11 is 0. The van der Waals surface area contributed by atoms with E-state index in [0.29, 0.717) is 24.0 Å². The highest BCUT2D eigenvalue weighted by atomic mass is 16.5. The van der Waals surface area contributed by atoms with Gasteiger partial charge in [0.15, 0.2) is 11.5 Å². The van der Waals surface area contributed by atoms with E-state index in [1.54, 1.807) is 18.2 Å². The predicted octanol–water partition coefficient (Wildman–Crippen LogP) is 1.80. The van der Waals surface area contributed by atoms with Gasteiger partial charge in [-0.05, 0) is 31.0 Å². The fourth-order valence-electron chi connectivity index (χ4n) is 2.50. The standard InChI is InChI=1S/C17H16N4O4/c22-16-6-5-12(11-3-4-11)19-21(16)8-7-18-17(23)13-10-15(25-20-13)14-2-1-9-24-14/h1-2,5-6,9-11H,3-4,7-8H2,(H,18,23). The van der Waals surface area contributed by atoms with Crippen molar-refractivity contribution in [2.75, 3.05) is 6.54 Å². The van der Waals surface area contributed by atoms with Crippen LogP contribution in [0.1, 0.15) is 34.9 Å². The molecule has 1 aliphatic rings. The number of amides is 1. The molecule has 1 fully saturated rings. The van der Waals surface area contributed by atoms with E-state index in [9.17, 15) is 9.59 Å². The Kier molecular flexibility index (Phi) is 3.93. The zero-order chi connectivity index (χ0) is 17.2. The third-order valence-corrected chi connectivity index (χ3v) is 4.00. The van der Waals surface area contributed by atoms with Crippen molar-refractivity contribution >= 4 is 5.91 Å². The Morgan fingerprint density at radius 3 is 2.92 bits per heavy atom. The number of furan rings is 1. The van der Waals surface area contributed by atoms with Crippen LogP contribution in [0.25, 0.3) is 11.5 Å². The van der Waals surface area contributed by atoms with Gasteiger partial charge in [-0.1, -0.05) is 5.16 Å². The number of nitrogens with zero attached hydrogens (tertiary/aromatic N) is 3. The molecule has 0 atom stereocenters. The number of aromatic nitrogens is 3. The summed E-state index contributed by atoms with van der Waals surface area (Å²) in [7, 11) is 0. The van der Waals surface area contributed by atoms with Crippen molar-refractivity contribution < 1.29 is 13.7 Å². The Balaban J connectivity index is 1.36. The number of rotatable bonds is 6. The summed E-state index contributed by atoms with van der Waals surface area (Å²) in [5.41, 5.74) is 0.907. The number of nitrogens with one attached hydrogen (secondary N) is 1. The topological polar surface area (TPSA) is 103 Å². The minimum atomic E-state index is -0.382. The van der Waals surface area contributed by atoms with Crippen molar-refractivity contribution in [1.82, 2.24) is 20.3 Å². The Labute approximate surface area is 142 Å². The van der Waals surface area contributed by atoms with Gasteiger partial charge in [0.25, 0.3) is 11.5 Å². The van der Waals surface area contributed by atoms with Crippen molar-refractivity contribution in [2.24, 2.45) is 0 Å². The van der Waals surface area contributed by atoms with Crippen LogP contribution >= 0.6 is 0 Å². The molecule has 0 radical (unpaired) electrons. The molecule has 1 N–H and O–H groups in total. The van der Waals surface area contributed by atoms with Crippen LogP contribution in [0.15, 0.2) is 50.3 Å². The van der Waals surface area contributed by atoms with E-state index in [-0.39, 0.29) is 23.7 Å². The average molecular weight is 340 g/mol. The summed E-state index contributed by atoms with van der Waals surface area (Å²) in [5, 5.41) is 10.8. The first-order valence-electron chi connectivity index (χ1n) is 8.07. The molecule has 3 aromatic rings. The van der Waals surface area contributed by atoms with E-state index in [2.05, 4.69) is 15.6 Å². The molecule has 3 aromatic heterocycles. The van der Waals surface area contributed by atoms with Crippen LogP contribution in [0.4, 0.5) is 0 Å². The quantitative estimate of drug-likeness (QED) is 0.734. The van der Waals surface area contributed by atoms with E-state index >= 15 is 0 Å². The van der Waals surface area contributed by atoms with Crippen LogP contribution in [-0.2, 0) is 6.54 Å². The van der Waals surface area contributed by atoms with Gasteiger partial charge in [-0.25, -0.2) is 4.68 Å². The van der Waals surface area contributed by atoms with Gasteiger partial charge in [0.2, 0.25) is 5.76 Å². The van der Waals surface area contributed by atoms with Gasteiger partial charge >= 0.3 is 0 Å². The van der Waals surface area contributed by atoms with Crippen molar-refractivity contribution in [1.29, 1.82) is 0 Å². The molecule has 0 unspecified atom stereocenters. The summed E-state index contributed by atoms with van der Waals surface area (Å²) in [6.07, 6.45) is 3.75. The van der Waals surface area contributed by atoms with Crippen LogP contribution in [0.2, 0.25) is 0 Å². The van der Waals surface area contributed by atoms with Gasteiger partial charge in [-0.15, -0.1) is 0 Å². The van der Waals surface area contributed by atoms with Crippen LogP contribution in [0.5, 0.6) is 0 Å². The molecule has 128 valence electrons. The highest BCUT2D eigenvalue weighted by Gasteiger charge is 2.25. The molecule has 8 nitrogen and oxygen atoms in total. The monoisotopic (exact) mass is 340 g/mol. The van der Waals surface area contributed by atoms with Crippen LogP contribution in [0.3, 0.4) is 0 Å². The van der Waals surface area contributed by atoms with Gasteiger partial charge < -0.3 is 14.3 Å². The highest BCUT2D eigenvalue weighted by molar-refractivity contribution is 5.92. The van der Waals surface area contributed by atoms with E-state index in [4.69, 9.17) is 8.94 Å². The zero-order valence-corrected chi connectivity index (χ0v) is 13.3. The molecule has 8 heteroatoms. The molecular weight excluding hydrogens is 324 g/mol. The van der Waals surface area contributed by atoms with Gasteiger partial charge in [-0.2, -0.15) is 5.10 Å². The molecule has 0 spiro atoms. The van der Waals surface area contributed by atoms with E-state index < -0.39 is 0 Å². The van der Waals surface area contributed by atoms with Crippen LogP contribution < -0.4 is 10.9 Å². The molecule has 1 saturated carbocycles. The zero-order valence-electron chi connectivity index (χ0n) is 13.3. The SMILES string of the molecule is O=C(NCCn1nc(C2CC2)ccc1=O)c1cc(-c2ccco2)on1. The molecule has 1 amide bonds. The average Bonchev–Trinajstić information content (AvgIpc) is 3.11. The highest BCUT2D eigenvalue weighted by Crippen LogP contribution is 2.38. The number of carbonyl (C=O) groups is 1. The minimum Gasteiger partial charge on any atom is -0.461 e. The summed E-state index contributed by atoms with van der Waals surface area (Å²) < 4.78 is 11.7. The number of hydrogen-bond donors (Lipinski definition) is 1. The van der Waals surface area contributed by atoms with E-state index in [1.165, 1.54) is 23.1 Å². The third kappa shape index (κ3) is 3.37. The molecule has 0 bridgehead atoms. The molecular formula is C17H16N4O4. The molecule has 0 aliphatic heterocycles. The fraction of sp³-hybridized carbons (Fsp3) is 0.294. The van der Waals surface area contributed by atoms with E-state index in [0.717, 1.165) is 18.5 Å². The van der Waals surface area contributed by atoms with Gasteiger partial charge in [0.1, 0.15) is 0 Å². The van der Waals surface area contributed by atoms with Gasteiger partial charge in [0.05, 0.1) is 18.5 Å². The van der Waals surface area contributed by atoms with Crippen molar-refractivity contribution in [3.8, 4) is 11.5 Å². The minimum absolute atomic E-state index is 0.151. The van der Waals surface area contributed by atoms with Crippen molar-refractivity contribution in [3.63, 3.8) is 0 Å². The molecule has 25 heavy (non-hydrogen) atoms. The maximum Gasteiger partial charge on any atom is 0.273 e. The summed E-state index contributed by atoms with van der Waals surface area (Å²) in [6, 6.07) is 8.24. The Hall–Kier alpha value is -3.16. The maximum absolute atomic E-state index is 12.1. The van der Waals surface area contributed by atoms with Crippen molar-refractivity contribution in [3.05, 3.63) is 58.3 Å². The van der Waals surface area contributed by atoms with E-state index in [1.807, 2.05) is 0 Å². The Morgan fingerprint density at radius 1 is 1.28 bits per heavy atom. The lowest BCUT2D eigenvalue weighted by molar-refractivity contribution is 0.0942. The Morgan fingerprint density at radius 2 is 2.16 bits per heavy atom. The third-order valence-electron chi connectivity index (χ3n) is 4.00. The fourth-order valence-corrected chi connectivity index (χ4v) is 2.50. The first kappa shape index (κ1) is 15.4. The first-order chi connectivity index (χ1) is 12.2. The molecule has 1 aliphatic carbocycles.